The molecule has 0 fully saturated rings. The topological polar surface area (TPSA) is 186 Å². The van der Waals surface area contributed by atoms with Crippen LogP contribution < -0.4 is 27.6 Å². The molecule has 0 unspecified atom stereocenters. The number of carbonyl (C=O) groups excluding carboxylic acids is 4. The molecule has 8 N–H and O–H groups in total. The molecule has 0 spiro atoms. The minimum Gasteiger partial charge on any atom is -0.467 e. The lowest BCUT2D eigenvalue weighted by atomic mass is 10.0. The Morgan fingerprint density at radius 1 is 0.600 bits per heavy atom. The van der Waals surface area contributed by atoms with Gasteiger partial charge in [-0.1, -0.05) is 86.6 Å². The number of methoxy groups -OCH3 is 1. The summed E-state index contributed by atoms with van der Waals surface area (Å²) in [7, 11) is 1.27. The van der Waals surface area contributed by atoms with Gasteiger partial charge in [-0.15, -0.1) is 0 Å². The maximum Gasteiger partial charge on any atom is 0.329 e. The molecule has 3 amide bonds. The fourth-order valence-corrected chi connectivity index (χ4v) is 4.98. The summed E-state index contributed by atoms with van der Waals surface area (Å²) in [5.41, 5.74) is 20.5. The average Bonchev–Trinajstić information content (AvgIpc) is 3.15. The summed E-state index contributed by atoms with van der Waals surface area (Å²) in [6.07, 6.45) is 1.99. The first-order chi connectivity index (χ1) is 23.9. The number of aryl methyl sites for hydroxylation is 2. The highest BCUT2D eigenvalue weighted by Gasteiger charge is 2.26. The lowest BCUT2D eigenvalue weighted by molar-refractivity contribution is -0.143. The molecule has 0 saturated carbocycles. The Morgan fingerprint density at radius 2 is 0.920 bits per heavy atom. The van der Waals surface area contributed by atoms with Crippen LogP contribution in [0.4, 0.5) is 0 Å². The van der Waals surface area contributed by atoms with Crippen molar-refractivity contribution in [3.63, 3.8) is 0 Å². The number of esters is 1. The maximum absolute atomic E-state index is 12.3. The molecule has 0 heterocycles. The molecule has 0 aliphatic rings. The van der Waals surface area contributed by atoms with E-state index in [0.717, 1.165) is 35.1 Å². The van der Waals surface area contributed by atoms with Crippen molar-refractivity contribution in [1.29, 1.82) is 0 Å². The number of ether oxygens (including phenoxy) is 1. The number of amides is 3. The van der Waals surface area contributed by atoms with Crippen LogP contribution in [0, 0.1) is 0 Å². The Balaban J connectivity index is 0.000000270. The summed E-state index contributed by atoms with van der Waals surface area (Å²) < 4.78 is 4.67. The Hall–Kier alpha value is -5.36. The highest BCUT2D eigenvalue weighted by Crippen LogP contribution is 2.22. The summed E-state index contributed by atoms with van der Waals surface area (Å²) in [4.78, 5) is 47.9. The van der Waals surface area contributed by atoms with Crippen molar-refractivity contribution in [3.8, 4) is 22.3 Å². The molecular weight excluding hydrogens is 634 g/mol. The normalized spacial score (nSPS) is 13.0. The van der Waals surface area contributed by atoms with Crippen LogP contribution in [0.15, 0.2) is 97.1 Å². The van der Waals surface area contributed by atoms with Crippen molar-refractivity contribution in [2.45, 2.75) is 64.7 Å². The van der Waals surface area contributed by atoms with Gasteiger partial charge in [0.05, 0.1) is 7.11 Å². The second-order valence-electron chi connectivity index (χ2n) is 11.9. The molecule has 50 heavy (non-hydrogen) atoms. The number of nitrogens with one attached hydrogen (secondary N) is 3. The van der Waals surface area contributed by atoms with Crippen molar-refractivity contribution in [2.24, 2.45) is 11.5 Å². The molecule has 0 radical (unpaired) electrons. The zero-order valence-corrected chi connectivity index (χ0v) is 29.1. The number of carbonyl (C=O) groups is 4. The van der Waals surface area contributed by atoms with E-state index in [1.54, 1.807) is 38.1 Å². The van der Waals surface area contributed by atoms with Crippen LogP contribution >= 0.6 is 0 Å². The van der Waals surface area contributed by atoms with Gasteiger partial charge in [0.25, 0.3) is 17.7 Å². The third kappa shape index (κ3) is 10.8. The predicted molar refractivity (Wildman–Crippen MR) is 194 cm³/mol. The van der Waals surface area contributed by atoms with E-state index in [2.05, 4.69) is 65.6 Å². The molecule has 4 aromatic carbocycles. The van der Waals surface area contributed by atoms with Gasteiger partial charge in [0.15, 0.2) is 0 Å². The molecule has 0 aliphatic carbocycles. The Labute approximate surface area is 293 Å². The first-order valence-corrected chi connectivity index (χ1v) is 16.5. The van der Waals surface area contributed by atoms with E-state index < -0.39 is 42.0 Å². The number of rotatable bonds is 12. The van der Waals surface area contributed by atoms with Crippen LogP contribution in [0.1, 0.15) is 59.5 Å². The summed E-state index contributed by atoms with van der Waals surface area (Å²) in [5.74, 6) is -2.11. The first-order valence-electron chi connectivity index (χ1n) is 16.5. The molecule has 264 valence electrons. The van der Waals surface area contributed by atoms with Gasteiger partial charge in [-0.25, -0.2) is 10.3 Å². The third-order valence-electron chi connectivity index (χ3n) is 8.16. The van der Waals surface area contributed by atoms with E-state index in [1.807, 2.05) is 36.4 Å². The number of hydrogen-bond acceptors (Lipinski definition) is 8. The Morgan fingerprint density at radius 3 is 1.20 bits per heavy atom. The molecular formula is C39H47N5O6. The molecule has 4 rings (SSSR count). The monoisotopic (exact) mass is 681 g/mol. The highest BCUT2D eigenvalue weighted by atomic mass is 16.5. The van der Waals surface area contributed by atoms with E-state index >= 15 is 0 Å². The zero-order valence-electron chi connectivity index (χ0n) is 29.1. The molecule has 0 aromatic heterocycles. The molecule has 0 saturated heterocycles. The van der Waals surface area contributed by atoms with Gasteiger partial charge in [-0.3, -0.25) is 19.6 Å². The van der Waals surface area contributed by atoms with Gasteiger partial charge in [0.1, 0.15) is 12.1 Å². The maximum atomic E-state index is 12.3. The van der Waals surface area contributed by atoms with E-state index in [1.165, 1.54) is 23.7 Å². The van der Waals surface area contributed by atoms with Crippen LogP contribution in [-0.2, 0) is 27.2 Å². The van der Waals surface area contributed by atoms with Crippen molar-refractivity contribution >= 4 is 23.7 Å². The van der Waals surface area contributed by atoms with Crippen molar-refractivity contribution < 1.29 is 29.1 Å². The zero-order chi connectivity index (χ0) is 36.8. The van der Waals surface area contributed by atoms with E-state index in [9.17, 15) is 19.2 Å². The first kappa shape index (κ1) is 39.1. The van der Waals surface area contributed by atoms with Crippen LogP contribution in [0.25, 0.3) is 22.3 Å². The smallest absolute Gasteiger partial charge is 0.329 e. The average molecular weight is 682 g/mol. The Bertz CT molecular complexity index is 1580. The summed E-state index contributed by atoms with van der Waals surface area (Å²) >= 11 is 0. The Kier molecular flexibility index (Phi) is 14.8. The van der Waals surface area contributed by atoms with E-state index in [4.69, 9.17) is 16.7 Å². The number of hydroxylamine groups is 1. The minimum atomic E-state index is -1.02. The SMILES string of the molecule is CCc1ccc(-c2ccc(C(=O)N[C@H](C(=O)NO)[C@@H](C)N)cc2)cc1.CCc1ccc(-c2ccc(C(=O)N[C@H](C(=O)OC)[C@@H](C)N)cc2)cc1. The van der Waals surface area contributed by atoms with Gasteiger partial charge >= 0.3 is 5.97 Å². The quantitative estimate of drug-likeness (QED) is 0.0722. The number of nitrogens with two attached hydrogens (primary N) is 2. The van der Waals surface area contributed by atoms with Crippen molar-refractivity contribution in [3.05, 3.63) is 119 Å². The van der Waals surface area contributed by atoms with Crippen molar-refractivity contribution in [1.82, 2.24) is 16.1 Å². The van der Waals surface area contributed by atoms with Crippen LogP contribution in [0.3, 0.4) is 0 Å². The molecule has 4 aromatic rings. The van der Waals surface area contributed by atoms with Gasteiger partial charge in [0, 0.05) is 23.2 Å². The second kappa shape index (κ2) is 19.0. The second-order valence-corrected chi connectivity index (χ2v) is 11.9. The van der Waals surface area contributed by atoms with Gasteiger partial charge < -0.3 is 26.8 Å². The van der Waals surface area contributed by atoms with Crippen LogP contribution in [0.5, 0.6) is 0 Å². The van der Waals surface area contributed by atoms with E-state index in [-0.39, 0.29) is 5.91 Å². The number of hydrogen-bond donors (Lipinski definition) is 6. The van der Waals surface area contributed by atoms with Gasteiger partial charge in [-0.05, 0) is 84.3 Å². The molecule has 0 bridgehead atoms. The van der Waals surface area contributed by atoms with Crippen LogP contribution in [-0.4, -0.2) is 60.2 Å². The molecule has 11 heteroatoms. The lowest BCUT2D eigenvalue weighted by Gasteiger charge is -2.20. The molecule has 4 atom stereocenters. The van der Waals surface area contributed by atoms with E-state index in [0.29, 0.717) is 11.1 Å². The lowest BCUT2D eigenvalue weighted by Crippen LogP contribution is -2.54. The van der Waals surface area contributed by atoms with Gasteiger partial charge in [-0.2, -0.15) is 0 Å². The molecule has 0 aliphatic heterocycles. The largest absolute Gasteiger partial charge is 0.467 e. The fraction of sp³-hybridized carbons (Fsp3) is 0.282. The molecule has 11 nitrogen and oxygen atoms in total. The summed E-state index contributed by atoms with van der Waals surface area (Å²) in [5, 5.41) is 13.9. The van der Waals surface area contributed by atoms with Crippen LogP contribution in [0.2, 0.25) is 0 Å². The van der Waals surface area contributed by atoms with Crippen molar-refractivity contribution in [2.75, 3.05) is 7.11 Å². The summed E-state index contributed by atoms with van der Waals surface area (Å²) in [6, 6.07) is 27.8. The highest BCUT2D eigenvalue weighted by molar-refractivity contribution is 5.98. The standard InChI is InChI=1S/C20H24N2O3.C19H23N3O3/c1-4-14-5-7-15(8-6-14)16-9-11-17(12-10-16)19(23)22-18(13(2)21)20(24)25-3;1-3-13-4-6-14(7-5-13)15-8-10-16(11-9-15)18(23)21-17(12(2)20)19(24)22-25/h5-13,18H,4,21H2,1-3H3,(H,22,23);4-12,17,25H,3,20H2,1-2H3,(H,21,23)(H,22,24)/t13-,18+;12-,17+/m11/s1. The predicted octanol–water partition coefficient (Wildman–Crippen LogP) is 4.40. The fourth-order valence-electron chi connectivity index (χ4n) is 4.98. The van der Waals surface area contributed by atoms with Gasteiger partial charge in [0.2, 0.25) is 0 Å². The minimum absolute atomic E-state index is 0.361. The third-order valence-corrected chi connectivity index (χ3v) is 8.16. The number of benzene rings is 4. The summed E-state index contributed by atoms with van der Waals surface area (Å²) in [6.45, 7) is 7.44.